The summed E-state index contributed by atoms with van der Waals surface area (Å²) < 4.78 is 137. The fourth-order valence-electron chi connectivity index (χ4n) is 5.05. The SMILES string of the molecule is CCOC(=O)OC(C)OC(=O)CCCN(Cc1ccccc1)c1cc(C(F)(F)F)ccc1CN1CCN(C(=O)OC(C(F)(F)F)C(F)(F)F)CC1. The molecule has 0 saturated carbocycles. The van der Waals surface area contributed by atoms with Crippen molar-refractivity contribution in [2.24, 2.45) is 0 Å². The summed E-state index contributed by atoms with van der Waals surface area (Å²) in [5.41, 5.74) is 0.312. The molecule has 1 amide bonds. The third-order valence-electron chi connectivity index (χ3n) is 7.44. The molecule has 0 radical (unpaired) electrons. The largest absolute Gasteiger partial charge is 0.511 e. The van der Waals surface area contributed by atoms with Crippen LogP contribution in [0.4, 0.5) is 54.8 Å². The Morgan fingerprint density at radius 1 is 0.843 bits per heavy atom. The lowest BCUT2D eigenvalue weighted by Crippen LogP contribution is -2.52. The summed E-state index contributed by atoms with van der Waals surface area (Å²) >= 11 is 0. The van der Waals surface area contributed by atoms with Gasteiger partial charge in [-0.25, -0.2) is 9.59 Å². The number of halogens is 9. The average molecular weight is 746 g/mol. The number of anilines is 1. The van der Waals surface area contributed by atoms with Gasteiger partial charge in [-0.1, -0.05) is 36.4 Å². The third kappa shape index (κ3) is 13.0. The van der Waals surface area contributed by atoms with Crippen molar-refractivity contribution in [3.8, 4) is 0 Å². The molecule has 1 aliphatic heterocycles. The quantitative estimate of drug-likeness (QED) is 0.0906. The molecule has 0 spiro atoms. The van der Waals surface area contributed by atoms with Crippen LogP contribution in [0.15, 0.2) is 48.5 Å². The molecule has 2 aromatic rings. The van der Waals surface area contributed by atoms with Gasteiger partial charge in [-0.3, -0.25) is 9.69 Å². The Morgan fingerprint density at radius 2 is 1.47 bits per heavy atom. The highest BCUT2D eigenvalue weighted by atomic mass is 19.4. The van der Waals surface area contributed by atoms with E-state index in [0.717, 1.165) is 17.7 Å². The molecule has 19 heteroatoms. The summed E-state index contributed by atoms with van der Waals surface area (Å²) in [4.78, 5) is 40.1. The summed E-state index contributed by atoms with van der Waals surface area (Å²) in [5.74, 6) is -0.746. The Labute approximate surface area is 286 Å². The van der Waals surface area contributed by atoms with Gasteiger partial charge in [0.05, 0.1) is 12.2 Å². The standard InChI is InChI=1S/C32H36F9N3O7/c1-3-48-29(47)50-21(2)49-26(45)10-7-13-44(19-22-8-5-4-6-9-22)25-18-24(30(33,34)35)12-11-23(25)20-42-14-16-43(17-15-42)28(46)51-27(31(36,37)38)32(39,40)41/h4-6,8-9,11-12,18,21,27H,3,7,10,13-17,19-20H2,1-2H3. The molecule has 1 aliphatic rings. The summed E-state index contributed by atoms with van der Waals surface area (Å²) in [6, 6.07) is 11.8. The van der Waals surface area contributed by atoms with Gasteiger partial charge in [0.25, 0.3) is 6.10 Å². The smallest absolute Gasteiger partial charge is 0.435 e. The second kappa shape index (κ2) is 17.7. The van der Waals surface area contributed by atoms with E-state index >= 15 is 0 Å². The molecule has 1 saturated heterocycles. The zero-order valence-corrected chi connectivity index (χ0v) is 27.4. The van der Waals surface area contributed by atoms with Gasteiger partial charge in [-0.15, -0.1) is 0 Å². The molecule has 2 aromatic carbocycles. The van der Waals surface area contributed by atoms with E-state index in [1.807, 2.05) is 0 Å². The topological polar surface area (TPSA) is 97.9 Å². The van der Waals surface area contributed by atoms with Crippen LogP contribution >= 0.6 is 0 Å². The fraction of sp³-hybridized carbons (Fsp3) is 0.531. The maximum absolute atomic E-state index is 13.9. The van der Waals surface area contributed by atoms with Gasteiger partial charge in [-0.2, -0.15) is 39.5 Å². The number of esters is 1. The zero-order chi connectivity index (χ0) is 38.0. The van der Waals surface area contributed by atoms with Crippen LogP contribution < -0.4 is 4.90 Å². The molecule has 0 aromatic heterocycles. The van der Waals surface area contributed by atoms with E-state index in [1.54, 1.807) is 47.1 Å². The van der Waals surface area contributed by atoms with E-state index in [-0.39, 0.29) is 70.9 Å². The van der Waals surface area contributed by atoms with Crippen LogP contribution in [0.2, 0.25) is 0 Å². The van der Waals surface area contributed by atoms with Gasteiger partial charge in [0.2, 0.25) is 6.29 Å². The van der Waals surface area contributed by atoms with Crippen LogP contribution in [0.1, 0.15) is 43.4 Å². The maximum Gasteiger partial charge on any atom is 0.511 e. The molecule has 51 heavy (non-hydrogen) atoms. The van der Waals surface area contributed by atoms with Crippen molar-refractivity contribution < 1.29 is 72.8 Å². The molecule has 1 fully saturated rings. The van der Waals surface area contributed by atoms with Crippen molar-refractivity contribution in [2.45, 2.75) is 70.7 Å². The Balaban J connectivity index is 1.77. The summed E-state index contributed by atoms with van der Waals surface area (Å²) in [5, 5.41) is 0. The van der Waals surface area contributed by atoms with E-state index in [0.29, 0.717) is 10.5 Å². The van der Waals surface area contributed by atoms with Crippen LogP contribution in [-0.4, -0.2) is 92.1 Å². The first-order chi connectivity index (χ1) is 23.8. The molecule has 0 aliphatic carbocycles. The summed E-state index contributed by atoms with van der Waals surface area (Å²) in [6.45, 7) is 2.35. The number of ether oxygens (including phenoxy) is 4. The van der Waals surface area contributed by atoms with Gasteiger partial charge in [0, 0.05) is 64.8 Å². The Morgan fingerprint density at radius 3 is 2.04 bits per heavy atom. The van der Waals surface area contributed by atoms with Crippen LogP contribution in [0, 0.1) is 0 Å². The summed E-state index contributed by atoms with van der Waals surface area (Å²) in [7, 11) is 0. The number of amides is 1. The van der Waals surface area contributed by atoms with Crippen molar-refractivity contribution in [1.29, 1.82) is 0 Å². The predicted molar refractivity (Wildman–Crippen MR) is 161 cm³/mol. The zero-order valence-electron chi connectivity index (χ0n) is 27.4. The molecule has 1 unspecified atom stereocenters. The number of carbonyl (C=O) groups is 3. The Hall–Kier alpha value is -4.42. The molecular weight excluding hydrogens is 709 g/mol. The number of hydrogen-bond acceptors (Lipinski definition) is 9. The average Bonchev–Trinajstić information content (AvgIpc) is 3.02. The van der Waals surface area contributed by atoms with E-state index < -0.39 is 54.7 Å². The first-order valence-electron chi connectivity index (χ1n) is 15.6. The predicted octanol–water partition coefficient (Wildman–Crippen LogP) is 7.30. The summed E-state index contributed by atoms with van der Waals surface area (Å²) in [6.07, 6.45) is -25.0. The lowest BCUT2D eigenvalue weighted by atomic mass is 10.0. The minimum Gasteiger partial charge on any atom is -0.435 e. The lowest BCUT2D eigenvalue weighted by Gasteiger charge is -2.36. The maximum atomic E-state index is 13.9. The number of nitrogens with zero attached hydrogens (tertiary/aromatic N) is 3. The second-order valence-electron chi connectivity index (χ2n) is 11.3. The Bertz CT molecular complexity index is 1430. The molecule has 284 valence electrons. The van der Waals surface area contributed by atoms with Crippen molar-refractivity contribution >= 4 is 23.9 Å². The normalized spacial score (nSPS) is 14.9. The van der Waals surface area contributed by atoms with Crippen molar-refractivity contribution in [3.05, 3.63) is 65.2 Å². The highest BCUT2D eigenvalue weighted by Crippen LogP contribution is 2.37. The van der Waals surface area contributed by atoms with Gasteiger partial charge < -0.3 is 28.7 Å². The van der Waals surface area contributed by atoms with Crippen LogP contribution in [0.3, 0.4) is 0 Å². The first kappa shape index (κ1) is 41.0. The lowest BCUT2D eigenvalue weighted by molar-refractivity contribution is -0.308. The molecule has 10 nitrogen and oxygen atoms in total. The van der Waals surface area contributed by atoms with Crippen LogP contribution in [0.25, 0.3) is 0 Å². The molecule has 1 atom stereocenters. The molecule has 0 N–H and O–H groups in total. The number of hydrogen-bond donors (Lipinski definition) is 0. The second-order valence-corrected chi connectivity index (χ2v) is 11.3. The minimum absolute atomic E-state index is 0.000129. The van der Waals surface area contributed by atoms with Crippen LogP contribution in [-0.2, 0) is 43.0 Å². The highest BCUT2D eigenvalue weighted by molar-refractivity contribution is 5.70. The van der Waals surface area contributed by atoms with Gasteiger partial charge >= 0.3 is 36.7 Å². The molecular formula is C32H36F9N3O7. The van der Waals surface area contributed by atoms with Gasteiger partial charge in [-0.05, 0) is 36.6 Å². The fourth-order valence-corrected chi connectivity index (χ4v) is 5.05. The number of piperazine rings is 1. The molecule has 0 bridgehead atoms. The van der Waals surface area contributed by atoms with Crippen molar-refractivity contribution in [2.75, 3.05) is 44.2 Å². The van der Waals surface area contributed by atoms with Gasteiger partial charge in [0.15, 0.2) is 0 Å². The van der Waals surface area contributed by atoms with Crippen molar-refractivity contribution in [3.63, 3.8) is 0 Å². The number of alkyl halides is 9. The molecule has 1 heterocycles. The first-order valence-corrected chi connectivity index (χ1v) is 15.6. The number of carbonyl (C=O) groups excluding carboxylic acids is 3. The minimum atomic E-state index is -5.88. The van der Waals surface area contributed by atoms with E-state index in [4.69, 9.17) is 9.47 Å². The van der Waals surface area contributed by atoms with E-state index in [1.165, 1.54) is 13.0 Å². The van der Waals surface area contributed by atoms with E-state index in [2.05, 4.69) is 9.47 Å². The third-order valence-corrected chi connectivity index (χ3v) is 7.44. The monoisotopic (exact) mass is 745 g/mol. The highest BCUT2D eigenvalue weighted by Gasteiger charge is 2.60. The van der Waals surface area contributed by atoms with Crippen molar-refractivity contribution in [1.82, 2.24) is 9.80 Å². The molecule has 3 rings (SSSR count). The Kier molecular flexibility index (Phi) is 14.2. The number of rotatable bonds is 13. The van der Waals surface area contributed by atoms with E-state index in [9.17, 15) is 53.9 Å². The van der Waals surface area contributed by atoms with Crippen LogP contribution in [0.5, 0.6) is 0 Å². The number of benzene rings is 2. The van der Waals surface area contributed by atoms with Gasteiger partial charge in [0.1, 0.15) is 0 Å².